The maximum absolute atomic E-state index is 13.4. The first kappa shape index (κ1) is 27.8. The van der Waals surface area contributed by atoms with Crippen molar-refractivity contribution in [1.82, 2.24) is 0 Å². The SMILES string of the molecule is COc1ccc(/C=C2\N=C(SCC(=O)Nc3ccc(C(C)C)cc3)N(c3ccc(OC(F)F)cc3)C2=O)cc1. The molecular weight excluding hydrogens is 524 g/mol. The third-order valence-electron chi connectivity index (χ3n) is 5.76. The standard InChI is InChI=1S/C29H27F2N3O4S/c1-18(2)20-6-8-21(9-7-20)32-26(35)17-39-29-33-25(16-19-4-12-23(37-3)13-5-19)27(36)34(29)22-10-14-24(15-11-22)38-28(30)31/h4-16,18,28H,17H2,1-3H3,(H,32,35)/b25-16-. The maximum Gasteiger partial charge on any atom is 0.387 e. The number of amides is 2. The van der Waals surface area contributed by atoms with Crippen LogP contribution >= 0.6 is 11.8 Å². The molecule has 0 fully saturated rings. The van der Waals surface area contributed by atoms with Crippen molar-refractivity contribution in [2.45, 2.75) is 26.4 Å². The molecule has 0 saturated heterocycles. The Morgan fingerprint density at radius 2 is 1.64 bits per heavy atom. The Morgan fingerprint density at radius 1 is 1.00 bits per heavy atom. The van der Waals surface area contributed by atoms with Crippen LogP contribution in [0.15, 0.2) is 83.5 Å². The summed E-state index contributed by atoms with van der Waals surface area (Å²) in [5.74, 6) is 0.332. The highest BCUT2D eigenvalue weighted by molar-refractivity contribution is 8.14. The monoisotopic (exact) mass is 551 g/mol. The van der Waals surface area contributed by atoms with Crippen LogP contribution in [0.2, 0.25) is 0 Å². The molecule has 0 saturated carbocycles. The van der Waals surface area contributed by atoms with Gasteiger partial charge in [-0.1, -0.05) is 49.9 Å². The van der Waals surface area contributed by atoms with Crippen LogP contribution in [0.25, 0.3) is 6.08 Å². The van der Waals surface area contributed by atoms with Gasteiger partial charge in [-0.3, -0.25) is 14.5 Å². The topological polar surface area (TPSA) is 80.2 Å². The van der Waals surface area contributed by atoms with Gasteiger partial charge in [0, 0.05) is 5.69 Å². The van der Waals surface area contributed by atoms with Crippen molar-refractivity contribution in [1.29, 1.82) is 0 Å². The molecule has 1 aliphatic heterocycles. The minimum Gasteiger partial charge on any atom is -0.497 e. The third-order valence-corrected chi connectivity index (χ3v) is 6.70. The Bertz CT molecular complexity index is 1370. The number of amidine groups is 1. The molecule has 0 spiro atoms. The maximum atomic E-state index is 13.4. The lowest BCUT2D eigenvalue weighted by molar-refractivity contribution is -0.114. The van der Waals surface area contributed by atoms with Gasteiger partial charge in [0.15, 0.2) is 5.17 Å². The summed E-state index contributed by atoms with van der Waals surface area (Å²) < 4.78 is 34.7. The Kier molecular flexibility index (Phi) is 8.98. The van der Waals surface area contributed by atoms with Crippen molar-refractivity contribution in [2.24, 2.45) is 4.99 Å². The smallest absolute Gasteiger partial charge is 0.387 e. The number of carbonyl (C=O) groups is 2. The number of hydrogen-bond acceptors (Lipinski definition) is 6. The number of carbonyl (C=O) groups excluding carboxylic acids is 2. The van der Waals surface area contributed by atoms with Gasteiger partial charge in [0.1, 0.15) is 17.2 Å². The number of methoxy groups -OCH3 is 1. The average molecular weight is 552 g/mol. The molecule has 3 aromatic carbocycles. The zero-order valence-corrected chi connectivity index (χ0v) is 22.4. The van der Waals surface area contributed by atoms with E-state index in [0.29, 0.717) is 23.0 Å². The van der Waals surface area contributed by atoms with Crippen LogP contribution in [0.4, 0.5) is 20.2 Å². The molecule has 7 nitrogen and oxygen atoms in total. The molecule has 1 aliphatic rings. The molecule has 0 aromatic heterocycles. The number of thioether (sulfide) groups is 1. The van der Waals surface area contributed by atoms with Crippen LogP contribution in [0.1, 0.15) is 30.9 Å². The van der Waals surface area contributed by atoms with Gasteiger partial charge in [-0.25, -0.2) is 4.99 Å². The zero-order valence-electron chi connectivity index (χ0n) is 21.6. The largest absolute Gasteiger partial charge is 0.497 e. The van der Waals surface area contributed by atoms with Crippen LogP contribution in [-0.2, 0) is 9.59 Å². The van der Waals surface area contributed by atoms with E-state index < -0.39 is 12.5 Å². The van der Waals surface area contributed by atoms with Gasteiger partial charge in [0.25, 0.3) is 5.91 Å². The number of rotatable bonds is 9. The van der Waals surface area contributed by atoms with E-state index in [9.17, 15) is 18.4 Å². The number of aliphatic imine (C=N–C) groups is 1. The van der Waals surface area contributed by atoms with E-state index >= 15 is 0 Å². The first-order valence-corrected chi connectivity index (χ1v) is 13.1. The normalized spacial score (nSPS) is 14.2. The fourth-order valence-electron chi connectivity index (χ4n) is 3.73. The lowest BCUT2D eigenvalue weighted by atomic mass is 10.0. The fourth-order valence-corrected chi connectivity index (χ4v) is 4.55. The Labute approximate surface area is 229 Å². The number of ether oxygens (including phenoxy) is 2. The van der Waals surface area contributed by atoms with Crippen molar-refractivity contribution in [2.75, 3.05) is 23.1 Å². The van der Waals surface area contributed by atoms with Crippen LogP contribution in [-0.4, -0.2) is 36.5 Å². The van der Waals surface area contributed by atoms with Gasteiger partial charge in [-0.15, -0.1) is 0 Å². The molecule has 2 amide bonds. The first-order chi connectivity index (χ1) is 18.7. The van der Waals surface area contributed by atoms with Crippen molar-refractivity contribution in [3.05, 3.63) is 89.6 Å². The molecule has 1 heterocycles. The van der Waals surface area contributed by atoms with Gasteiger partial charge in [-0.2, -0.15) is 8.78 Å². The minimum atomic E-state index is -2.96. The quantitative estimate of drug-likeness (QED) is 0.306. The number of benzene rings is 3. The second-order valence-electron chi connectivity index (χ2n) is 8.82. The molecule has 39 heavy (non-hydrogen) atoms. The molecule has 202 valence electrons. The highest BCUT2D eigenvalue weighted by atomic mass is 32.2. The summed E-state index contributed by atoms with van der Waals surface area (Å²) in [4.78, 5) is 31.9. The van der Waals surface area contributed by atoms with Crippen LogP contribution < -0.4 is 19.7 Å². The Hall–Kier alpha value is -4.18. The van der Waals surface area contributed by atoms with E-state index in [2.05, 4.69) is 28.9 Å². The lowest BCUT2D eigenvalue weighted by Crippen LogP contribution is -2.31. The van der Waals surface area contributed by atoms with Crippen LogP contribution in [0.5, 0.6) is 11.5 Å². The van der Waals surface area contributed by atoms with Gasteiger partial charge in [0.05, 0.1) is 18.6 Å². The highest BCUT2D eigenvalue weighted by Crippen LogP contribution is 2.31. The van der Waals surface area contributed by atoms with E-state index in [1.807, 2.05) is 24.3 Å². The molecule has 4 rings (SSSR count). The van der Waals surface area contributed by atoms with Crippen LogP contribution in [0.3, 0.4) is 0 Å². The third kappa shape index (κ3) is 7.23. The lowest BCUT2D eigenvalue weighted by Gasteiger charge is -2.18. The number of nitrogens with zero attached hydrogens (tertiary/aromatic N) is 2. The highest BCUT2D eigenvalue weighted by Gasteiger charge is 2.32. The van der Waals surface area contributed by atoms with E-state index in [-0.39, 0.29) is 28.3 Å². The summed E-state index contributed by atoms with van der Waals surface area (Å²) >= 11 is 1.09. The molecule has 0 atom stereocenters. The van der Waals surface area contributed by atoms with Crippen LogP contribution in [0, 0.1) is 0 Å². The zero-order chi connectivity index (χ0) is 27.9. The molecule has 0 aliphatic carbocycles. The first-order valence-electron chi connectivity index (χ1n) is 12.1. The van der Waals surface area contributed by atoms with Crippen molar-refractivity contribution < 1.29 is 27.8 Å². The fraction of sp³-hybridized carbons (Fsp3) is 0.207. The second kappa shape index (κ2) is 12.6. The molecule has 0 radical (unpaired) electrons. The summed E-state index contributed by atoms with van der Waals surface area (Å²) in [5.41, 5.74) is 3.13. The number of anilines is 2. The van der Waals surface area contributed by atoms with Gasteiger partial charge >= 0.3 is 6.61 Å². The number of alkyl halides is 2. The number of hydrogen-bond donors (Lipinski definition) is 1. The van der Waals surface area contributed by atoms with E-state index in [1.54, 1.807) is 37.5 Å². The summed E-state index contributed by atoms with van der Waals surface area (Å²) in [6.07, 6.45) is 1.63. The van der Waals surface area contributed by atoms with E-state index in [0.717, 1.165) is 22.9 Å². The Balaban J connectivity index is 1.54. The molecule has 10 heteroatoms. The molecule has 0 unspecified atom stereocenters. The second-order valence-corrected chi connectivity index (χ2v) is 9.77. The molecule has 3 aromatic rings. The van der Waals surface area contributed by atoms with Gasteiger partial charge in [0.2, 0.25) is 5.91 Å². The van der Waals surface area contributed by atoms with Gasteiger partial charge < -0.3 is 14.8 Å². The number of nitrogens with one attached hydrogen (secondary N) is 1. The molecule has 1 N–H and O–H groups in total. The summed E-state index contributed by atoms with van der Waals surface area (Å²) in [6.45, 7) is 1.23. The molecular formula is C29H27F2N3O4S. The minimum absolute atomic E-state index is 0.00304. The predicted octanol–water partition coefficient (Wildman–Crippen LogP) is 6.54. The number of halogens is 2. The van der Waals surface area contributed by atoms with E-state index in [4.69, 9.17) is 4.74 Å². The van der Waals surface area contributed by atoms with E-state index in [1.165, 1.54) is 29.2 Å². The van der Waals surface area contributed by atoms with Crippen molar-refractivity contribution >= 4 is 46.2 Å². The van der Waals surface area contributed by atoms with Gasteiger partial charge in [-0.05, 0) is 71.7 Å². The van der Waals surface area contributed by atoms with Crippen molar-refractivity contribution in [3.8, 4) is 11.5 Å². The average Bonchev–Trinajstić information content (AvgIpc) is 3.23. The predicted molar refractivity (Wildman–Crippen MR) is 151 cm³/mol. The van der Waals surface area contributed by atoms with Crippen molar-refractivity contribution in [3.63, 3.8) is 0 Å². The summed E-state index contributed by atoms with van der Waals surface area (Å²) in [5, 5.41) is 3.14. The molecule has 0 bridgehead atoms. The Morgan fingerprint density at radius 3 is 2.23 bits per heavy atom. The summed E-state index contributed by atoms with van der Waals surface area (Å²) in [7, 11) is 1.56. The summed E-state index contributed by atoms with van der Waals surface area (Å²) in [6, 6.07) is 20.4.